The van der Waals surface area contributed by atoms with Gasteiger partial charge >= 0.3 is 0 Å². The Bertz CT molecular complexity index is 922. The van der Waals surface area contributed by atoms with E-state index < -0.39 is 0 Å². The molecule has 148 valence electrons. The van der Waals surface area contributed by atoms with Gasteiger partial charge in [-0.2, -0.15) is 0 Å². The van der Waals surface area contributed by atoms with Crippen LogP contribution in [0.2, 0.25) is 0 Å². The quantitative estimate of drug-likeness (QED) is 0.575. The Kier molecular flexibility index (Phi) is 6.08. The minimum absolute atomic E-state index is 0.0429. The Hall–Kier alpha value is -1.77. The van der Waals surface area contributed by atoms with Crippen molar-refractivity contribution in [1.82, 2.24) is 14.9 Å². The molecule has 1 saturated heterocycles. The fourth-order valence-corrected chi connectivity index (χ4v) is 5.21. The predicted octanol–water partition coefficient (Wildman–Crippen LogP) is 2.58. The number of hydrogen-bond donors (Lipinski definition) is 1. The molecule has 0 radical (unpaired) electrons. The Morgan fingerprint density at radius 1 is 1.39 bits per heavy atom. The minimum Gasteiger partial charge on any atom is -0.376 e. The van der Waals surface area contributed by atoms with Gasteiger partial charge in [0.25, 0.3) is 5.56 Å². The smallest absolute Gasteiger partial charge is 0.272 e. The monoisotopic (exact) mass is 417 g/mol. The van der Waals surface area contributed by atoms with Crippen molar-refractivity contribution in [2.45, 2.75) is 42.3 Å². The molecule has 6 nitrogen and oxygen atoms in total. The van der Waals surface area contributed by atoms with Gasteiger partial charge in [-0.15, -0.1) is 11.8 Å². The third kappa shape index (κ3) is 4.29. The average molecular weight is 418 g/mol. The summed E-state index contributed by atoms with van der Waals surface area (Å²) in [4.78, 5) is 30.8. The number of hydrogen-bond acceptors (Lipinski definition) is 6. The van der Waals surface area contributed by atoms with E-state index in [9.17, 15) is 9.59 Å². The molecule has 1 N–H and O–H groups in total. The standard InChI is InChI=1S/C20H23N3O3S2/c1-13-4-6-14(7-5-13)23-19(25)18-16(8-10-27-18)22-20(23)28-12-17(24)21-11-15-3-2-9-26-15/h4-7,15H,2-3,8-12H2,1H3,(H,21,24)/t15-/m1/s1. The zero-order chi connectivity index (χ0) is 19.5. The van der Waals surface area contributed by atoms with Gasteiger partial charge in [0.2, 0.25) is 5.91 Å². The molecular formula is C20H23N3O3S2. The second-order valence-corrected chi connectivity index (χ2v) is 9.02. The number of carbonyl (C=O) groups is 1. The van der Waals surface area contributed by atoms with E-state index in [1.165, 1.54) is 11.8 Å². The second kappa shape index (κ2) is 8.71. The molecule has 1 aromatic carbocycles. The summed E-state index contributed by atoms with van der Waals surface area (Å²) in [5.41, 5.74) is 2.71. The summed E-state index contributed by atoms with van der Waals surface area (Å²) in [7, 11) is 0. The maximum atomic E-state index is 13.1. The van der Waals surface area contributed by atoms with Gasteiger partial charge in [0.05, 0.1) is 28.1 Å². The van der Waals surface area contributed by atoms with E-state index in [1.807, 2.05) is 31.2 Å². The summed E-state index contributed by atoms with van der Waals surface area (Å²) in [6, 6.07) is 7.80. The van der Waals surface area contributed by atoms with Crippen molar-refractivity contribution in [3.05, 3.63) is 45.9 Å². The summed E-state index contributed by atoms with van der Waals surface area (Å²) in [5, 5.41) is 3.50. The molecule has 8 heteroatoms. The fraction of sp³-hybridized carbons (Fsp3) is 0.450. The summed E-state index contributed by atoms with van der Waals surface area (Å²) in [5.74, 6) is 1.03. The van der Waals surface area contributed by atoms with Gasteiger partial charge in [0.15, 0.2) is 5.16 Å². The number of fused-ring (bicyclic) bond motifs is 1. The maximum Gasteiger partial charge on any atom is 0.272 e. The van der Waals surface area contributed by atoms with Crippen LogP contribution in [0.5, 0.6) is 0 Å². The topological polar surface area (TPSA) is 73.2 Å². The highest BCUT2D eigenvalue weighted by molar-refractivity contribution is 8.00. The molecule has 0 bridgehead atoms. The highest BCUT2D eigenvalue weighted by Gasteiger charge is 2.23. The van der Waals surface area contributed by atoms with Crippen LogP contribution in [-0.4, -0.2) is 46.2 Å². The Morgan fingerprint density at radius 3 is 2.96 bits per heavy atom. The van der Waals surface area contributed by atoms with Crippen molar-refractivity contribution in [1.29, 1.82) is 0 Å². The lowest BCUT2D eigenvalue weighted by Gasteiger charge is -2.14. The van der Waals surface area contributed by atoms with Crippen molar-refractivity contribution in [3.8, 4) is 5.69 Å². The van der Waals surface area contributed by atoms with E-state index in [-0.39, 0.29) is 23.3 Å². The zero-order valence-corrected chi connectivity index (χ0v) is 17.4. The molecule has 1 fully saturated rings. The number of nitrogens with zero attached hydrogens (tertiary/aromatic N) is 2. The van der Waals surface area contributed by atoms with Crippen LogP contribution in [0.4, 0.5) is 0 Å². The number of aryl methyl sites for hydroxylation is 2. The van der Waals surface area contributed by atoms with E-state index >= 15 is 0 Å². The molecule has 1 atom stereocenters. The molecule has 2 aliphatic heterocycles. The first-order chi connectivity index (χ1) is 13.6. The molecule has 0 spiro atoms. The number of amides is 1. The lowest BCUT2D eigenvalue weighted by molar-refractivity contribution is -0.119. The predicted molar refractivity (Wildman–Crippen MR) is 112 cm³/mol. The first-order valence-corrected chi connectivity index (χ1v) is 11.5. The lowest BCUT2D eigenvalue weighted by atomic mass is 10.2. The summed E-state index contributed by atoms with van der Waals surface area (Å²) < 4.78 is 7.17. The number of ether oxygens (including phenoxy) is 1. The van der Waals surface area contributed by atoms with E-state index in [1.54, 1.807) is 16.3 Å². The van der Waals surface area contributed by atoms with Crippen LogP contribution in [0, 0.1) is 6.92 Å². The van der Waals surface area contributed by atoms with Crippen LogP contribution in [0.3, 0.4) is 0 Å². The number of aromatic nitrogens is 2. The van der Waals surface area contributed by atoms with Crippen molar-refractivity contribution in [3.63, 3.8) is 0 Å². The Balaban J connectivity index is 1.53. The van der Waals surface area contributed by atoms with Crippen LogP contribution in [-0.2, 0) is 16.0 Å². The van der Waals surface area contributed by atoms with Gasteiger partial charge in [0, 0.05) is 25.3 Å². The van der Waals surface area contributed by atoms with Crippen LogP contribution >= 0.6 is 23.5 Å². The molecular weight excluding hydrogens is 394 g/mol. The van der Waals surface area contributed by atoms with Crippen molar-refractivity contribution in [2.24, 2.45) is 0 Å². The molecule has 1 aromatic heterocycles. The Morgan fingerprint density at radius 2 is 2.21 bits per heavy atom. The number of thioether (sulfide) groups is 2. The van der Waals surface area contributed by atoms with E-state index in [2.05, 4.69) is 5.32 Å². The molecule has 0 aliphatic carbocycles. The highest BCUT2D eigenvalue weighted by Crippen LogP contribution is 2.30. The van der Waals surface area contributed by atoms with E-state index in [4.69, 9.17) is 9.72 Å². The van der Waals surface area contributed by atoms with Crippen molar-refractivity contribution in [2.75, 3.05) is 24.7 Å². The first kappa shape index (κ1) is 19.5. The van der Waals surface area contributed by atoms with Crippen LogP contribution < -0.4 is 10.9 Å². The maximum absolute atomic E-state index is 13.1. The van der Waals surface area contributed by atoms with Gasteiger partial charge in [-0.1, -0.05) is 29.5 Å². The first-order valence-electron chi connectivity index (χ1n) is 9.48. The normalized spacial score (nSPS) is 18.2. The molecule has 2 aromatic rings. The number of rotatable bonds is 6. The summed E-state index contributed by atoms with van der Waals surface area (Å²) in [6.07, 6.45) is 2.96. The van der Waals surface area contributed by atoms with Gasteiger partial charge < -0.3 is 10.1 Å². The average Bonchev–Trinajstić information content (AvgIpc) is 3.37. The SMILES string of the molecule is Cc1ccc(-n2c(SCC(=O)NC[C@H]3CCCO3)nc3c(c2=O)SCC3)cc1. The minimum atomic E-state index is -0.0694. The lowest BCUT2D eigenvalue weighted by Crippen LogP contribution is -2.33. The van der Waals surface area contributed by atoms with Crippen molar-refractivity contribution >= 4 is 29.4 Å². The fourth-order valence-electron chi connectivity index (χ4n) is 3.32. The highest BCUT2D eigenvalue weighted by atomic mass is 32.2. The molecule has 0 unspecified atom stereocenters. The van der Waals surface area contributed by atoms with Gasteiger partial charge in [0.1, 0.15) is 0 Å². The van der Waals surface area contributed by atoms with Crippen LogP contribution in [0.1, 0.15) is 24.1 Å². The molecule has 2 aliphatic rings. The van der Waals surface area contributed by atoms with Crippen LogP contribution in [0.15, 0.2) is 39.1 Å². The number of carbonyl (C=O) groups excluding carboxylic acids is 1. The van der Waals surface area contributed by atoms with Gasteiger partial charge in [-0.25, -0.2) is 4.98 Å². The largest absolute Gasteiger partial charge is 0.376 e. The Labute approximate surface area is 172 Å². The number of benzene rings is 1. The zero-order valence-electron chi connectivity index (χ0n) is 15.8. The third-order valence-corrected chi connectivity index (χ3v) is 6.89. The van der Waals surface area contributed by atoms with E-state index in [0.29, 0.717) is 11.7 Å². The molecule has 0 saturated carbocycles. The van der Waals surface area contributed by atoms with E-state index in [0.717, 1.165) is 53.5 Å². The molecule has 1 amide bonds. The molecule has 4 rings (SSSR count). The second-order valence-electron chi connectivity index (χ2n) is 6.97. The van der Waals surface area contributed by atoms with Gasteiger partial charge in [-0.05, 0) is 31.9 Å². The summed E-state index contributed by atoms with van der Waals surface area (Å²) in [6.45, 7) is 3.32. The number of nitrogens with one attached hydrogen (secondary N) is 1. The van der Waals surface area contributed by atoms with Gasteiger partial charge in [-0.3, -0.25) is 14.2 Å². The molecule has 3 heterocycles. The third-order valence-electron chi connectivity index (χ3n) is 4.84. The van der Waals surface area contributed by atoms with Crippen LogP contribution in [0.25, 0.3) is 5.69 Å². The van der Waals surface area contributed by atoms with Crippen molar-refractivity contribution < 1.29 is 9.53 Å². The summed E-state index contributed by atoms with van der Waals surface area (Å²) >= 11 is 2.87. The molecule has 28 heavy (non-hydrogen) atoms.